The van der Waals surface area contributed by atoms with Crippen LogP contribution in [0.15, 0.2) is 22.9 Å². The van der Waals surface area contributed by atoms with E-state index in [0.29, 0.717) is 18.3 Å². The molecule has 2 aliphatic heterocycles. The van der Waals surface area contributed by atoms with Crippen molar-refractivity contribution in [3.8, 4) is 11.4 Å². The first-order valence-corrected chi connectivity index (χ1v) is 9.60. The molecular weight excluding hydrogens is 346 g/mol. The quantitative estimate of drug-likeness (QED) is 0.858. The summed E-state index contributed by atoms with van der Waals surface area (Å²) in [4.78, 5) is 23.5. The standard InChI is InChI=1S/C19H25N5O3/c1-13-22-17(23-27-13)16-5-2-8-20-18(16)24-9-6-14(7-10-24)19(25)21-12-15-4-3-11-26-15/h2,5,8,14-15H,3-4,6-7,9-12H2,1H3,(H,21,25)/t15-/m1/s1. The highest BCUT2D eigenvalue weighted by molar-refractivity contribution is 5.79. The van der Waals surface area contributed by atoms with Crippen LogP contribution in [-0.2, 0) is 9.53 Å². The third kappa shape index (κ3) is 4.10. The zero-order chi connectivity index (χ0) is 18.6. The Bertz CT molecular complexity index is 779. The Morgan fingerprint density at radius 3 is 2.89 bits per heavy atom. The van der Waals surface area contributed by atoms with Gasteiger partial charge in [0.25, 0.3) is 0 Å². The van der Waals surface area contributed by atoms with Crippen LogP contribution in [0.4, 0.5) is 5.82 Å². The Kier molecular flexibility index (Phi) is 5.33. The van der Waals surface area contributed by atoms with E-state index < -0.39 is 0 Å². The molecule has 0 saturated carbocycles. The lowest BCUT2D eigenvalue weighted by Crippen LogP contribution is -2.42. The van der Waals surface area contributed by atoms with E-state index in [1.807, 2.05) is 12.1 Å². The lowest BCUT2D eigenvalue weighted by Gasteiger charge is -2.33. The maximum atomic E-state index is 12.5. The molecule has 0 bridgehead atoms. The molecule has 8 heteroatoms. The van der Waals surface area contributed by atoms with E-state index in [9.17, 15) is 4.79 Å². The zero-order valence-electron chi connectivity index (χ0n) is 15.6. The molecule has 1 atom stereocenters. The minimum Gasteiger partial charge on any atom is -0.376 e. The molecule has 8 nitrogen and oxygen atoms in total. The van der Waals surface area contributed by atoms with Gasteiger partial charge in [0.2, 0.25) is 17.6 Å². The van der Waals surface area contributed by atoms with Gasteiger partial charge in [-0.25, -0.2) is 4.98 Å². The van der Waals surface area contributed by atoms with Crippen LogP contribution in [0, 0.1) is 12.8 Å². The van der Waals surface area contributed by atoms with E-state index in [1.54, 1.807) is 13.1 Å². The Balaban J connectivity index is 1.36. The van der Waals surface area contributed by atoms with E-state index in [0.717, 1.165) is 56.8 Å². The van der Waals surface area contributed by atoms with Gasteiger partial charge in [0, 0.05) is 45.3 Å². The highest BCUT2D eigenvalue weighted by atomic mass is 16.5. The third-order valence-corrected chi connectivity index (χ3v) is 5.25. The summed E-state index contributed by atoms with van der Waals surface area (Å²) < 4.78 is 10.7. The second-order valence-corrected chi connectivity index (χ2v) is 7.15. The molecular formula is C19H25N5O3. The number of pyridine rings is 1. The molecule has 0 radical (unpaired) electrons. The smallest absolute Gasteiger partial charge is 0.223 e. The second-order valence-electron chi connectivity index (χ2n) is 7.15. The van der Waals surface area contributed by atoms with Gasteiger partial charge in [-0.05, 0) is 37.8 Å². The topological polar surface area (TPSA) is 93.4 Å². The zero-order valence-corrected chi connectivity index (χ0v) is 15.6. The average molecular weight is 371 g/mol. The molecule has 0 aromatic carbocycles. The van der Waals surface area contributed by atoms with E-state index in [-0.39, 0.29) is 17.9 Å². The summed E-state index contributed by atoms with van der Waals surface area (Å²) in [7, 11) is 0. The number of piperidine rings is 1. The van der Waals surface area contributed by atoms with Gasteiger partial charge in [-0.1, -0.05) is 5.16 Å². The van der Waals surface area contributed by atoms with Crippen molar-refractivity contribution in [3.05, 3.63) is 24.2 Å². The first kappa shape index (κ1) is 17.9. The fraction of sp³-hybridized carbons (Fsp3) is 0.579. The van der Waals surface area contributed by atoms with E-state index in [2.05, 4.69) is 25.3 Å². The number of ether oxygens (including phenoxy) is 1. The Labute approximate surface area is 158 Å². The van der Waals surface area contributed by atoms with Gasteiger partial charge < -0.3 is 19.5 Å². The lowest BCUT2D eigenvalue weighted by molar-refractivity contribution is -0.126. The normalized spacial score (nSPS) is 20.8. The Morgan fingerprint density at radius 2 is 2.19 bits per heavy atom. The van der Waals surface area contributed by atoms with Crippen molar-refractivity contribution in [1.29, 1.82) is 0 Å². The number of carbonyl (C=O) groups is 1. The van der Waals surface area contributed by atoms with Crippen molar-refractivity contribution in [3.63, 3.8) is 0 Å². The van der Waals surface area contributed by atoms with Crippen LogP contribution in [0.2, 0.25) is 0 Å². The molecule has 1 N–H and O–H groups in total. The van der Waals surface area contributed by atoms with Crippen LogP contribution < -0.4 is 10.2 Å². The van der Waals surface area contributed by atoms with E-state index in [4.69, 9.17) is 9.26 Å². The number of amides is 1. The fourth-order valence-electron chi connectivity index (χ4n) is 3.75. The predicted molar refractivity (Wildman–Crippen MR) is 99.2 cm³/mol. The minimum absolute atomic E-state index is 0.0437. The van der Waals surface area contributed by atoms with Crippen molar-refractivity contribution < 1.29 is 14.1 Å². The van der Waals surface area contributed by atoms with Crippen LogP contribution in [-0.4, -0.2) is 53.4 Å². The highest BCUT2D eigenvalue weighted by Crippen LogP contribution is 2.30. The summed E-state index contributed by atoms with van der Waals surface area (Å²) in [6, 6.07) is 3.82. The largest absolute Gasteiger partial charge is 0.376 e. The summed E-state index contributed by atoms with van der Waals surface area (Å²) in [5.41, 5.74) is 0.857. The molecule has 0 spiro atoms. The summed E-state index contributed by atoms with van der Waals surface area (Å²) in [5, 5.41) is 7.08. The lowest BCUT2D eigenvalue weighted by atomic mass is 9.95. The number of hydrogen-bond donors (Lipinski definition) is 1. The number of aromatic nitrogens is 3. The van der Waals surface area contributed by atoms with Gasteiger partial charge in [-0.15, -0.1) is 0 Å². The summed E-state index contributed by atoms with van der Waals surface area (Å²) in [6.07, 6.45) is 5.69. The SMILES string of the molecule is Cc1nc(-c2cccnc2N2CCC(C(=O)NC[C@H]3CCCO3)CC2)no1. The molecule has 2 fully saturated rings. The first-order chi connectivity index (χ1) is 13.2. The number of hydrogen-bond acceptors (Lipinski definition) is 7. The molecule has 2 saturated heterocycles. The van der Waals surface area contributed by atoms with Gasteiger partial charge >= 0.3 is 0 Å². The summed E-state index contributed by atoms with van der Waals surface area (Å²) in [5.74, 6) is 2.10. The highest BCUT2D eigenvalue weighted by Gasteiger charge is 2.28. The summed E-state index contributed by atoms with van der Waals surface area (Å²) >= 11 is 0. The maximum absolute atomic E-state index is 12.5. The first-order valence-electron chi connectivity index (χ1n) is 9.60. The maximum Gasteiger partial charge on any atom is 0.223 e. The van der Waals surface area contributed by atoms with Crippen molar-refractivity contribution in [2.75, 3.05) is 31.1 Å². The number of rotatable bonds is 5. The Morgan fingerprint density at radius 1 is 1.33 bits per heavy atom. The number of nitrogens with zero attached hydrogens (tertiary/aromatic N) is 4. The molecule has 1 amide bonds. The second kappa shape index (κ2) is 8.04. The van der Waals surface area contributed by atoms with E-state index in [1.165, 1.54) is 0 Å². The van der Waals surface area contributed by atoms with Crippen LogP contribution in [0.1, 0.15) is 31.6 Å². The minimum atomic E-state index is 0.0437. The van der Waals surface area contributed by atoms with Gasteiger partial charge in [0.1, 0.15) is 5.82 Å². The average Bonchev–Trinajstić information content (AvgIpc) is 3.38. The molecule has 4 rings (SSSR count). The molecule has 2 aliphatic rings. The number of nitrogens with one attached hydrogen (secondary N) is 1. The molecule has 2 aromatic rings. The number of anilines is 1. The Hall–Kier alpha value is -2.48. The molecule has 0 unspecified atom stereocenters. The van der Waals surface area contributed by atoms with Crippen molar-refractivity contribution >= 4 is 11.7 Å². The van der Waals surface area contributed by atoms with Crippen molar-refractivity contribution in [1.82, 2.24) is 20.4 Å². The van der Waals surface area contributed by atoms with Crippen molar-refractivity contribution in [2.24, 2.45) is 5.92 Å². The van der Waals surface area contributed by atoms with Gasteiger partial charge in [0.05, 0.1) is 11.7 Å². The number of carbonyl (C=O) groups excluding carboxylic acids is 1. The van der Waals surface area contributed by atoms with Crippen LogP contribution >= 0.6 is 0 Å². The summed E-state index contributed by atoms with van der Waals surface area (Å²) in [6.45, 7) is 4.76. The van der Waals surface area contributed by atoms with Gasteiger partial charge in [0.15, 0.2) is 0 Å². The molecule has 27 heavy (non-hydrogen) atoms. The molecule has 4 heterocycles. The van der Waals surface area contributed by atoms with Gasteiger partial charge in [-0.2, -0.15) is 4.98 Å². The van der Waals surface area contributed by atoms with Crippen molar-refractivity contribution in [2.45, 2.75) is 38.7 Å². The van der Waals surface area contributed by atoms with Gasteiger partial charge in [-0.3, -0.25) is 4.79 Å². The molecule has 144 valence electrons. The van der Waals surface area contributed by atoms with Crippen LogP contribution in [0.5, 0.6) is 0 Å². The monoisotopic (exact) mass is 371 g/mol. The van der Waals surface area contributed by atoms with Crippen LogP contribution in [0.3, 0.4) is 0 Å². The van der Waals surface area contributed by atoms with Crippen LogP contribution in [0.25, 0.3) is 11.4 Å². The third-order valence-electron chi connectivity index (χ3n) is 5.25. The fourth-order valence-corrected chi connectivity index (χ4v) is 3.75. The molecule has 0 aliphatic carbocycles. The predicted octanol–water partition coefficient (Wildman–Crippen LogP) is 1.95. The molecule has 2 aromatic heterocycles. The number of aryl methyl sites for hydroxylation is 1. The van der Waals surface area contributed by atoms with E-state index >= 15 is 0 Å².